The Hall–Kier alpha value is -0.410. The second-order valence-corrected chi connectivity index (χ2v) is 7.56. The normalized spacial score (nSPS) is 31.2. The van der Waals surface area contributed by atoms with Gasteiger partial charge in [-0.15, -0.1) is 11.3 Å². The predicted molar refractivity (Wildman–Crippen MR) is 77.1 cm³/mol. The Morgan fingerprint density at radius 2 is 2.22 bits per heavy atom. The standard InChI is InChI=1S/C15H24N2S/c1-10(2)17-15(8-7-11(3)9-15)14-16-12-5-4-6-13(12)18-14/h10-11,17H,4-9H2,1-3H3. The van der Waals surface area contributed by atoms with Crippen molar-refractivity contribution in [2.24, 2.45) is 5.92 Å². The van der Waals surface area contributed by atoms with Crippen molar-refractivity contribution in [3.63, 3.8) is 0 Å². The average molecular weight is 264 g/mol. The molecule has 0 aromatic carbocycles. The van der Waals surface area contributed by atoms with Gasteiger partial charge in [-0.1, -0.05) is 6.92 Å². The molecule has 2 unspecified atom stereocenters. The van der Waals surface area contributed by atoms with Gasteiger partial charge in [0.2, 0.25) is 0 Å². The van der Waals surface area contributed by atoms with Crippen LogP contribution in [0.5, 0.6) is 0 Å². The lowest BCUT2D eigenvalue weighted by molar-refractivity contribution is 0.301. The van der Waals surface area contributed by atoms with Crippen molar-refractivity contribution in [1.29, 1.82) is 0 Å². The summed E-state index contributed by atoms with van der Waals surface area (Å²) >= 11 is 1.99. The Balaban J connectivity index is 1.92. The van der Waals surface area contributed by atoms with E-state index in [0.717, 1.165) is 5.92 Å². The van der Waals surface area contributed by atoms with Gasteiger partial charge in [-0.05, 0) is 58.3 Å². The van der Waals surface area contributed by atoms with Gasteiger partial charge in [-0.3, -0.25) is 0 Å². The molecule has 1 aromatic rings. The van der Waals surface area contributed by atoms with Crippen LogP contribution in [0.25, 0.3) is 0 Å². The summed E-state index contributed by atoms with van der Waals surface area (Å²) < 4.78 is 0. The molecule has 2 aliphatic carbocycles. The molecule has 1 fully saturated rings. The zero-order valence-electron chi connectivity index (χ0n) is 11.8. The quantitative estimate of drug-likeness (QED) is 0.901. The van der Waals surface area contributed by atoms with Crippen LogP contribution in [0.4, 0.5) is 0 Å². The molecule has 0 spiro atoms. The molecular formula is C15H24N2S. The number of rotatable bonds is 3. The summed E-state index contributed by atoms with van der Waals surface area (Å²) in [5, 5.41) is 5.22. The van der Waals surface area contributed by atoms with Crippen molar-refractivity contribution in [3.05, 3.63) is 15.6 Å². The number of aryl methyl sites for hydroxylation is 2. The highest BCUT2D eigenvalue weighted by atomic mass is 32.1. The van der Waals surface area contributed by atoms with Crippen LogP contribution in [0.2, 0.25) is 0 Å². The molecule has 1 saturated carbocycles. The van der Waals surface area contributed by atoms with E-state index in [1.807, 2.05) is 11.3 Å². The summed E-state index contributed by atoms with van der Waals surface area (Å²) in [6.07, 6.45) is 7.65. The molecule has 100 valence electrons. The van der Waals surface area contributed by atoms with Crippen LogP contribution in [0.1, 0.15) is 62.0 Å². The number of hydrogen-bond acceptors (Lipinski definition) is 3. The molecule has 0 aliphatic heterocycles. The molecule has 2 atom stereocenters. The van der Waals surface area contributed by atoms with Gasteiger partial charge >= 0.3 is 0 Å². The van der Waals surface area contributed by atoms with E-state index in [1.165, 1.54) is 49.2 Å². The Labute approximate surface area is 114 Å². The summed E-state index contributed by atoms with van der Waals surface area (Å²) in [5.74, 6) is 0.829. The van der Waals surface area contributed by atoms with E-state index >= 15 is 0 Å². The summed E-state index contributed by atoms with van der Waals surface area (Å²) in [6, 6.07) is 0.536. The number of aromatic nitrogens is 1. The van der Waals surface area contributed by atoms with Crippen LogP contribution < -0.4 is 5.32 Å². The molecule has 0 radical (unpaired) electrons. The number of thiazole rings is 1. The molecule has 3 heteroatoms. The smallest absolute Gasteiger partial charge is 0.113 e. The maximum absolute atomic E-state index is 4.99. The summed E-state index contributed by atoms with van der Waals surface area (Å²) in [7, 11) is 0. The van der Waals surface area contributed by atoms with Gasteiger partial charge in [-0.25, -0.2) is 4.98 Å². The highest BCUT2D eigenvalue weighted by Gasteiger charge is 2.42. The fraction of sp³-hybridized carbons (Fsp3) is 0.800. The van der Waals surface area contributed by atoms with Gasteiger partial charge in [0, 0.05) is 10.9 Å². The van der Waals surface area contributed by atoms with Gasteiger partial charge in [0.25, 0.3) is 0 Å². The van der Waals surface area contributed by atoms with E-state index in [4.69, 9.17) is 4.98 Å². The molecule has 3 rings (SSSR count). The lowest BCUT2D eigenvalue weighted by atomic mass is 9.96. The van der Waals surface area contributed by atoms with Gasteiger partial charge in [0.05, 0.1) is 11.2 Å². The molecule has 0 saturated heterocycles. The Kier molecular flexibility index (Phi) is 3.23. The molecule has 0 amide bonds. The third kappa shape index (κ3) is 2.12. The summed E-state index contributed by atoms with van der Waals surface area (Å²) in [6.45, 7) is 6.89. The predicted octanol–water partition coefficient (Wildman–Crippen LogP) is 3.65. The second kappa shape index (κ2) is 4.61. The van der Waals surface area contributed by atoms with Crippen molar-refractivity contribution in [2.45, 2.75) is 70.9 Å². The minimum atomic E-state index is 0.183. The van der Waals surface area contributed by atoms with Gasteiger partial charge in [0.15, 0.2) is 0 Å². The highest BCUT2D eigenvalue weighted by molar-refractivity contribution is 7.12. The van der Waals surface area contributed by atoms with Crippen molar-refractivity contribution >= 4 is 11.3 Å². The average Bonchev–Trinajstić information content (AvgIpc) is 2.90. The van der Waals surface area contributed by atoms with E-state index in [0.29, 0.717) is 6.04 Å². The number of hydrogen-bond donors (Lipinski definition) is 1. The molecule has 2 aliphatic rings. The molecule has 1 N–H and O–H groups in total. The van der Waals surface area contributed by atoms with E-state index in [1.54, 1.807) is 4.88 Å². The third-order valence-corrected chi connectivity index (χ3v) is 5.69. The largest absolute Gasteiger partial charge is 0.303 e. The Morgan fingerprint density at radius 1 is 1.39 bits per heavy atom. The zero-order valence-corrected chi connectivity index (χ0v) is 12.6. The SMILES string of the molecule is CC1CCC(NC(C)C)(c2nc3c(s2)CCC3)C1. The fourth-order valence-electron chi connectivity index (χ4n) is 3.63. The lowest BCUT2D eigenvalue weighted by Gasteiger charge is -2.31. The van der Waals surface area contributed by atoms with Crippen molar-refractivity contribution in [1.82, 2.24) is 10.3 Å². The topological polar surface area (TPSA) is 24.9 Å². The van der Waals surface area contributed by atoms with Gasteiger partial charge in [0.1, 0.15) is 5.01 Å². The minimum absolute atomic E-state index is 0.183. The molecular weight excluding hydrogens is 240 g/mol. The van der Waals surface area contributed by atoms with Crippen molar-refractivity contribution in [3.8, 4) is 0 Å². The first-order valence-corrected chi connectivity index (χ1v) is 8.17. The van der Waals surface area contributed by atoms with Crippen molar-refractivity contribution < 1.29 is 0 Å². The lowest BCUT2D eigenvalue weighted by Crippen LogP contribution is -2.44. The molecule has 1 heterocycles. The first-order chi connectivity index (χ1) is 8.59. The van der Waals surface area contributed by atoms with Crippen LogP contribution in [0.15, 0.2) is 0 Å². The van der Waals surface area contributed by atoms with E-state index < -0.39 is 0 Å². The van der Waals surface area contributed by atoms with E-state index in [2.05, 4.69) is 26.1 Å². The molecule has 18 heavy (non-hydrogen) atoms. The maximum Gasteiger partial charge on any atom is 0.113 e. The van der Waals surface area contributed by atoms with Gasteiger partial charge < -0.3 is 5.32 Å². The highest BCUT2D eigenvalue weighted by Crippen LogP contribution is 2.45. The van der Waals surface area contributed by atoms with Gasteiger partial charge in [-0.2, -0.15) is 0 Å². The zero-order chi connectivity index (χ0) is 12.8. The maximum atomic E-state index is 4.99. The Bertz CT molecular complexity index is 416. The molecule has 0 bridgehead atoms. The number of nitrogens with one attached hydrogen (secondary N) is 1. The number of nitrogens with zero attached hydrogens (tertiary/aromatic N) is 1. The summed E-state index contributed by atoms with van der Waals surface area (Å²) in [5.41, 5.74) is 1.59. The van der Waals surface area contributed by atoms with Crippen LogP contribution in [0, 0.1) is 5.92 Å². The first kappa shape index (κ1) is 12.6. The summed E-state index contributed by atoms with van der Waals surface area (Å²) in [4.78, 5) is 6.55. The Morgan fingerprint density at radius 3 is 2.83 bits per heavy atom. The van der Waals surface area contributed by atoms with E-state index in [9.17, 15) is 0 Å². The molecule has 1 aromatic heterocycles. The fourth-order valence-corrected chi connectivity index (χ4v) is 4.97. The third-order valence-electron chi connectivity index (χ3n) is 4.33. The van der Waals surface area contributed by atoms with Crippen LogP contribution >= 0.6 is 11.3 Å². The monoisotopic (exact) mass is 264 g/mol. The van der Waals surface area contributed by atoms with E-state index in [-0.39, 0.29) is 5.54 Å². The second-order valence-electron chi connectivity index (χ2n) is 6.47. The number of fused-ring (bicyclic) bond motifs is 1. The van der Waals surface area contributed by atoms with Crippen molar-refractivity contribution in [2.75, 3.05) is 0 Å². The first-order valence-electron chi connectivity index (χ1n) is 7.36. The molecule has 2 nitrogen and oxygen atoms in total. The van der Waals surface area contributed by atoms with Crippen LogP contribution in [-0.2, 0) is 18.4 Å². The minimum Gasteiger partial charge on any atom is -0.303 e. The van der Waals surface area contributed by atoms with Crippen LogP contribution in [0.3, 0.4) is 0 Å². The van der Waals surface area contributed by atoms with Crippen LogP contribution in [-0.4, -0.2) is 11.0 Å².